The highest BCUT2D eigenvalue weighted by molar-refractivity contribution is 6.30. The van der Waals surface area contributed by atoms with Gasteiger partial charge in [-0.3, -0.25) is 14.3 Å². The maximum atomic E-state index is 13.4. The summed E-state index contributed by atoms with van der Waals surface area (Å²) in [4.78, 5) is 36.2. The molecule has 3 heterocycles. The maximum absolute atomic E-state index is 13.4. The van der Waals surface area contributed by atoms with Gasteiger partial charge < -0.3 is 15.0 Å². The molecule has 2 aromatic carbocycles. The number of nitrogens with zero attached hydrogens (tertiary/aromatic N) is 4. The van der Waals surface area contributed by atoms with E-state index in [9.17, 15) is 14.7 Å². The van der Waals surface area contributed by atoms with E-state index >= 15 is 0 Å². The lowest BCUT2D eigenvalue weighted by atomic mass is 9.92. The number of carbonyl (C=O) groups is 1. The number of aryl methyl sites for hydroxylation is 1. The van der Waals surface area contributed by atoms with Crippen LogP contribution in [0.2, 0.25) is 5.02 Å². The molecule has 2 N–H and O–H groups in total. The highest BCUT2D eigenvalue weighted by atomic mass is 35.5. The van der Waals surface area contributed by atoms with Gasteiger partial charge >= 0.3 is 0 Å². The molecule has 2 aromatic heterocycles. The number of fused-ring (bicyclic) bond motifs is 1. The second-order valence-electron chi connectivity index (χ2n) is 11.3. The number of benzene rings is 2. The van der Waals surface area contributed by atoms with Gasteiger partial charge in [-0.15, -0.1) is 0 Å². The first kappa shape index (κ1) is 25.2. The normalized spacial score (nSPS) is 18.6. The van der Waals surface area contributed by atoms with Crippen LogP contribution in [0.4, 0.5) is 0 Å². The molecule has 2 saturated carbocycles. The molecule has 2 aliphatic carbocycles. The van der Waals surface area contributed by atoms with Gasteiger partial charge in [-0.1, -0.05) is 48.0 Å². The molecule has 1 amide bonds. The molecule has 0 saturated heterocycles. The van der Waals surface area contributed by atoms with Gasteiger partial charge in [0, 0.05) is 23.3 Å². The first-order chi connectivity index (χ1) is 19.4. The highest BCUT2D eigenvalue weighted by Crippen LogP contribution is 2.52. The van der Waals surface area contributed by atoms with Gasteiger partial charge in [0.2, 0.25) is 0 Å². The van der Waals surface area contributed by atoms with Crippen LogP contribution in [0.15, 0.2) is 65.7 Å². The predicted octanol–water partition coefficient (Wildman–Crippen LogP) is 4.71. The highest BCUT2D eigenvalue weighted by Gasteiger charge is 2.49. The fourth-order valence-corrected chi connectivity index (χ4v) is 6.04. The Kier molecular flexibility index (Phi) is 6.13. The van der Waals surface area contributed by atoms with Crippen LogP contribution in [0.5, 0.6) is 0 Å². The number of aliphatic hydroxyl groups excluding tert-OH is 1. The molecule has 0 radical (unpaired) electrons. The number of hydrogen-bond donors (Lipinski definition) is 2. The number of carbonyl (C=O) groups excluding carboxylic acids is 1. The molecule has 1 atom stereocenters. The first-order valence-electron chi connectivity index (χ1n) is 13.9. The second kappa shape index (κ2) is 9.71. The van der Waals surface area contributed by atoms with E-state index in [1.165, 1.54) is 12.8 Å². The molecular formula is C31H30ClN5O3. The number of H-pyrrole nitrogens is 1. The summed E-state index contributed by atoms with van der Waals surface area (Å²) in [5, 5.41) is 15.7. The number of nitrogens with one attached hydrogen (secondary N) is 1. The Morgan fingerprint density at radius 2 is 1.95 bits per heavy atom. The van der Waals surface area contributed by atoms with Crippen LogP contribution in [-0.2, 0) is 23.2 Å². The van der Waals surface area contributed by atoms with Crippen molar-refractivity contribution < 1.29 is 9.90 Å². The van der Waals surface area contributed by atoms with E-state index in [4.69, 9.17) is 16.6 Å². The Bertz CT molecular complexity index is 1670. The number of aromatic amines is 1. The monoisotopic (exact) mass is 555 g/mol. The third kappa shape index (κ3) is 4.55. The summed E-state index contributed by atoms with van der Waals surface area (Å²) in [6.45, 7) is 0.547. The summed E-state index contributed by atoms with van der Waals surface area (Å²) in [5.74, 6) is 0.250. The van der Waals surface area contributed by atoms with Crippen LogP contribution in [0.1, 0.15) is 72.5 Å². The number of aliphatic hydroxyl groups is 1. The van der Waals surface area contributed by atoms with Gasteiger partial charge in [0.15, 0.2) is 6.10 Å². The van der Waals surface area contributed by atoms with Crippen molar-refractivity contribution in [2.75, 3.05) is 6.54 Å². The fraction of sp³-hybridized carbons (Fsp3) is 0.355. The Hall–Kier alpha value is -3.75. The number of halogens is 1. The number of aromatic nitrogens is 4. The molecule has 9 heteroatoms. The van der Waals surface area contributed by atoms with Gasteiger partial charge in [0.05, 0.1) is 35.5 Å². The second-order valence-corrected chi connectivity index (χ2v) is 11.7. The van der Waals surface area contributed by atoms with Crippen LogP contribution in [0.25, 0.3) is 11.1 Å². The molecule has 40 heavy (non-hydrogen) atoms. The van der Waals surface area contributed by atoms with Crippen molar-refractivity contribution in [1.82, 2.24) is 24.6 Å². The molecule has 204 valence electrons. The van der Waals surface area contributed by atoms with Crippen molar-refractivity contribution in [2.24, 2.45) is 0 Å². The molecule has 0 bridgehead atoms. The molecule has 8 nitrogen and oxygen atoms in total. The third-order valence-electron chi connectivity index (χ3n) is 8.48. The van der Waals surface area contributed by atoms with E-state index in [-0.39, 0.29) is 17.5 Å². The van der Waals surface area contributed by atoms with Crippen LogP contribution in [0, 0.1) is 0 Å². The zero-order chi connectivity index (χ0) is 27.4. The van der Waals surface area contributed by atoms with E-state index in [0.717, 1.165) is 35.2 Å². The van der Waals surface area contributed by atoms with Crippen molar-refractivity contribution in [1.29, 1.82) is 0 Å². The molecule has 0 unspecified atom stereocenters. The molecule has 7 rings (SSSR count). The van der Waals surface area contributed by atoms with Crippen LogP contribution >= 0.6 is 11.6 Å². The lowest BCUT2D eigenvalue weighted by Crippen LogP contribution is -2.36. The molecule has 1 aliphatic heterocycles. The average Bonchev–Trinajstić information content (AvgIpc) is 3.90. The van der Waals surface area contributed by atoms with Crippen LogP contribution in [0.3, 0.4) is 0 Å². The van der Waals surface area contributed by atoms with E-state index in [0.29, 0.717) is 47.4 Å². The van der Waals surface area contributed by atoms with Crippen molar-refractivity contribution in [2.45, 2.75) is 62.6 Å². The fourth-order valence-electron chi connectivity index (χ4n) is 5.84. The lowest BCUT2D eigenvalue weighted by Gasteiger charge is -2.24. The maximum Gasteiger partial charge on any atom is 0.256 e. The van der Waals surface area contributed by atoms with Crippen LogP contribution < -0.4 is 5.56 Å². The van der Waals surface area contributed by atoms with E-state index < -0.39 is 12.0 Å². The molecule has 0 spiro atoms. The molecule has 2 fully saturated rings. The number of hydrogen-bond acceptors (Lipinski definition) is 5. The van der Waals surface area contributed by atoms with E-state index in [1.54, 1.807) is 29.2 Å². The van der Waals surface area contributed by atoms with Crippen molar-refractivity contribution in [3.05, 3.63) is 105 Å². The zero-order valence-electron chi connectivity index (χ0n) is 22.0. The smallest absolute Gasteiger partial charge is 0.256 e. The Labute approximate surface area is 236 Å². The van der Waals surface area contributed by atoms with E-state index in [1.807, 2.05) is 6.20 Å². The van der Waals surface area contributed by atoms with Crippen molar-refractivity contribution in [3.63, 3.8) is 0 Å². The Balaban J connectivity index is 1.16. The lowest BCUT2D eigenvalue weighted by molar-refractivity contribution is -0.141. The molecule has 4 aromatic rings. The summed E-state index contributed by atoms with van der Waals surface area (Å²) in [6.07, 6.45) is 8.16. The first-order valence-corrected chi connectivity index (χ1v) is 14.3. The Morgan fingerprint density at radius 1 is 1.12 bits per heavy atom. The average molecular weight is 556 g/mol. The molecule has 3 aliphatic rings. The van der Waals surface area contributed by atoms with Gasteiger partial charge in [-0.2, -0.15) is 5.10 Å². The minimum absolute atomic E-state index is 0.113. The van der Waals surface area contributed by atoms with Gasteiger partial charge in [0.1, 0.15) is 5.82 Å². The van der Waals surface area contributed by atoms with Gasteiger partial charge in [0.25, 0.3) is 11.5 Å². The number of amides is 1. The third-order valence-corrected chi connectivity index (χ3v) is 8.71. The summed E-state index contributed by atoms with van der Waals surface area (Å²) in [5.41, 5.74) is 4.47. The zero-order valence-corrected chi connectivity index (χ0v) is 22.8. The van der Waals surface area contributed by atoms with E-state index in [2.05, 4.69) is 45.2 Å². The van der Waals surface area contributed by atoms with Crippen LogP contribution in [-0.4, -0.2) is 42.2 Å². The topological polar surface area (TPSA) is 104 Å². The minimum Gasteiger partial charge on any atom is -0.378 e. The minimum atomic E-state index is -1.34. The predicted molar refractivity (Wildman–Crippen MR) is 151 cm³/mol. The largest absolute Gasteiger partial charge is 0.378 e. The molecular weight excluding hydrogens is 526 g/mol. The van der Waals surface area contributed by atoms with Gasteiger partial charge in [-0.05, 0) is 67.3 Å². The standard InChI is InChI=1S/C31H30ClN5O3/c32-23-7-2-5-20(15-23)27(38)29(40)36-13-3-8-26-25(18-36)28(39)35-30(34-26)31(11-12-31)22-6-1-4-19(14-22)21-16-33-37(17-21)24-9-10-24/h1-2,4-7,14-17,24,27,38H,3,8-13,18H2,(H,34,35,39)/t27-/m1/s1. The van der Waals surface area contributed by atoms with Crippen molar-refractivity contribution in [3.8, 4) is 11.1 Å². The summed E-state index contributed by atoms with van der Waals surface area (Å²) in [6, 6.07) is 15.7. The van der Waals surface area contributed by atoms with Gasteiger partial charge in [-0.25, -0.2) is 4.98 Å². The summed E-state index contributed by atoms with van der Waals surface area (Å²) < 4.78 is 2.06. The summed E-state index contributed by atoms with van der Waals surface area (Å²) in [7, 11) is 0. The quantitative estimate of drug-likeness (QED) is 0.358. The summed E-state index contributed by atoms with van der Waals surface area (Å²) >= 11 is 6.05. The Morgan fingerprint density at radius 3 is 2.73 bits per heavy atom. The number of rotatable bonds is 6. The van der Waals surface area contributed by atoms with Crippen molar-refractivity contribution >= 4 is 17.5 Å². The SMILES string of the molecule is O=C([C@H](O)c1cccc(Cl)c1)N1CCCc2nc(C3(c4cccc(-c5cnn(C6CC6)c5)c4)CC3)[nH]c(=O)c2C1.